The standard InChI is InChI=1S/C13H14FNO3/c14-11-5-2-1-4-10(11)7-8-12(16)15-9-3-6-13(17)18/h1-2,4-5,7-8H,3,6,9H2,(H,15,16)(H,17,18)/b8-7+. The van der Waals surface area contributed by atoms with Crippen LogP contribution in [-0.4, -0.2) is 23.5 Å². The summed E-state index contributed by atoms with van der Waals surface area (Å²) < 4.78 is 13.2. The summed E-state index contributed by atoms with van der Waals surface area (Å²) in [6.07, 6.45) is 2.98. The van der Waals surface area contributed by atoms with E-state index in [9.17, 15) is 14.0 Å². The first-order valence-corrected chi connectivity index (χ1v) is 5.52. The topological polar surface area (TPSA) is 66.4 Å². The Morgan fingerprint density at radius 2 is 2.06 bits per heavy atom. The lowest BCUT2D eigenvalue weighted by Gasteiger charge is -2.00. The van der Waals surface area contributed by atoms with Crippen LogP contribution in [0.3, 0.4) is 0 Å². The lowest BCUT2D eigenvalue weighted by Crippen LogP contribution is -2.22. The molecule has 1 rings (SSSR count). The van der Waals surface area contributed by atoms with Crippen molar-refractivity contribution in [3.8, 4) is 0 Å². The second-order valence-corrected chi connectivity index (χ2v) is 3.64. The van der Waals surface area contributed by atoms with Gasteiger partial charge in [0.15, 0.2) is 0 Å². The van der Waals surface area contributed by atoms with Gasteiger partial charge in [-0.3, -0.25) is 9.59 Å². The zero-order chi connectivity index (χ0) is 13.4. The lowest BCUT2D eigenvalue weighted by atomic mass is 10.2. The molecule has 18 heavy (non-hydrogen) atoms. The largest absolute Gasteiger partial charge is 0.481 e. The third-order valence-corrected chi connectivity index (χ3v) is 2.19. The van der Waals surface area contributed by atoms with Crippen LogP contribution in [-0.2, 0) is 9.59 Å². The van der Waals surface area contributed by atoms with Crippen LogP contribution in [0.5, 0.6) is 0 Å². The molecule has 1 amide bonds. The quantitative estimate of drug-likeness (QED) is 0.598. The first-order valence-electron chi connectivity index (χ1n) is 5.52. The van der Waals surface area contributed by atoms with E-state index in [2.05, 4.69) is 5.32 Å². The lowest BCUT2D eigenvalue weighted by molar-refractivity contribution is -0.137. The number of carboxylic acids is 1. The van der Waals surface area contributed by atoms with Gasteiger partial charge in [-0.1, -0.05) is 18.2 Å². The molecule has 0 spiro atoms. The van der Waals surface area contributed by atoms with Crippen LogP contribution in [0.1, 0.15) is 18.4 Å². The van der Waals surface area contributed by atoms with Crippen LogP contribution in [0.25, 0.3) is 6.08 Å². The summed E-state index contributed by atoms with van der Waals surface area (Å²) in [5.74, 6) is -1.66. The van der Waals surface area contributed by atoms with Gasteiger partial charge in [0.2, 0.25) is 5.91 Å². The van der Waals surface area contributed by atoms with Crippen LogP contribution >= 0.6 is 0 Å². The highest BCUT2D eigenvalue weighted by atomic mass is 19.1. The highest BCUT2D eigenvalue weighted by Crippen LogP contribution is 2.07. The van der Waals surface area contributed by atoms with Crippen molar-refractivity contribution >= 4 is 18.0 Å². The number of amides is 1. The molecule has 0 aromatic heterocycles. The van der Waals surface area contributed by atoms with Crippen molar-refractivity contribution in [1.29, 1.82) is 0 Å². The molecule has 4 nitrogen and oxygen atoms in total. The van der Waals surface area contributed by atoms with E-state index in [-0.39, 0.29) is 18.9 Å². The molecule has 2 N–H and O–H groups in total. The van der Waals surface area contributed by atoms with E-state index in [1.54, 1.807) is 18.2 Å². The molecular weight excluding hydrogens is 237 g/mol. The third kappa shape index (κ3) is 5.25. The second kappa shape index (κ2) is 7.21. The number of benzene rings is 1. The molecule has 1 aromatic rings. The minimum atomic E-state index is -0.897. The number of aliphatic carboxylic acids is 1. The zero-order valence-electron chi connectivity index (χ0n) is 9.73. The van der Waals surface area contributed by atoms with Gasteiger partial charge < -0.3 is 10.4 Å². The SMILES string of the molecule is O=C(O)CCCNC(=O)/C=C/c1ccccc1F. The molecule has 96 valence electrons. The fourth-order valence-electron chi connectivity index (χ4n) is 1.29. The van der Waals surface area contributed by atoms with Crippen molar-refractivity contribution in [1.82, 2.24) is 5.32 Å². The fraction of sp³-hybridized carbons (Fsp3) is 0.231. The molecule has 0 aliphatic heterocycles. The molecule has 0 saturated heterocycles. The molecule has 0 atom stereocenters. The Morgan fingerprint density at radius 3 is 2.72 bits per heavy atom. The molecule has 0 aliphatic rings. The monoisotopic (exact) mass is 251 g/mol. The van der Waals surface area contributed by atoms with Crippen LogP contribution in [0, 0.1) is 5.82 Å². The number of halogens is 1. The Bertz CT molecular complexity index is 457. The van der Waals surface area contributed by atoms with Crippen molar-refractivity contribution in [2.24, 2.45) is 0 Å². The second-order valence-electron chi connectivity index (χ2n) is 3.64. The number of carbonyl (C=O) groups excluding carboxylic acids is 1. The zero-order valence-corrected chi connectivity index (χ0v) is 9.73. The molecule has 0 saturated carbocycles. The molecule has 1 aromatic carbocycles. The number of carbonyl (C=O) groups is 2. The maximum Gasteiger partial charge on any atom is 0.303 e. The molecule has 5 heteroatoms. The summed E-state index contributed by atoms with van der Waals surface area (Å²) in [4.78, 5) is 21.5. The third-order valence-electron chi connectivity index (χ3n) is 2.19. The number of hydrogen-bond donors (Lipinski definition) is 2. The van der Waals surface area contributed by atoms with Crippen LogP contribution in [0.2, 0.25) is 0 Å². The van der Waals surface area contributed by atoms with Gasteiger partial charge >= 0.3 is 5.97 Å². The summed E-state index contributed by atoms with van der Waals surface area (Å²) in [7, 11) is 0. The van der Waals surface area contributed by atoms with E-state index in [0.29, 0.717) is 12.0 Å². The number of nitrogens with one attached hydrogen (secondary N) is 1. The van der Waals surface area contributed by atoms with E-state index in [4.69, 9.17) is 5.11 Å². The predicted molar refractivity (Wildman–Crippen MR) is 65.3 cm³/mol. The normalized spacial score (nSPS) is 10.5. The van der Waals surface area contributed by atoms with Crippen molar-refractivity contribution < 1.29 is 19.1 Å². The van der Waals surface area contributed by atoms with E-state index < -0.39 is 11.8 Å². The van der Waals surface area contributed by atoms with E-state index >= 15 is 0 Å². The van der Waals surface area contributed by atoms with E-state index in [1.165, 1.54) is 18.2 Å². The van der Waals surface area contributed by atoms with Crippen LogP contribution in [0.15, 0.2) is 30.3 Å². The van der Waals surface area contributed by atoms with Gasteiger partial charge in [-0.05, 0) is 18.6 Å². The Balaban J connectivity index is 2.36. The van der Waals surface area contributed by atoms with Gasteiger partial charge in [0.1, 0.15) is 5.82 Å². The van der Waals surface area contributed by atoms with Gasteiger partial charge in [0, 0.05) is 24.6 Å². The minimum absolute atomic E-state index is 0.0112. The maximum atomic E-state index is 13.2. The molecule has 0 fully saturated rings. The first-order chi connectivity index (χ1) is 8.59. The van der Waals surface area contributed by atoms with Gasteiger partial charge in [-0.25, -0.2) is 4.39 Å². The van der Waals surface area contributed by atoms with Crippen molar-refractivity contribution in [3.63, 3.8) is 0 Å². The smallest absolute Gasteiger partial charge is 0.303 e. The summed E-state index contributed by atoms with van der Waals surface area (Å²) in [6, 6.07) is 6.11. The average molecular weight is 251 g/mol. The van der Waals surface area contributed by atoms with Gasteiger partial charge in [0.25, 0.3) is 0 Å². The Hall–Kier alpha value is -2.17. The van der Waals surface area contributed by atoms with Crippen molar-refractivity contribution in [3.05, 3.63) is 41.7 Å². The molecular formula is C13H14FNO3. The molecule has 0 radical (unpaired) electrons. The van der Waals surface area contributed by atoms with Gasteiger partial charge in [-0.15, -0.1) is 0 Å². The Morgan fingerprint density at radius 1 is 1.33 bits per heavy atom. The molecule has 0 aliphatic carbocycles. The summed E-state index contributed by atoms with van der Waals surface area (Å²) in [5.41, 5.74) is 0.332. The molecule has 0 bridgehead atoms. The predicted octanol–water partition coefficient (Wildman–Crippen LogP) is 1.82. The number of carboxylic acid groups (broad SMARTS) is 1. The van der Waals surface area contributed by atoms with Crippen LogP contribution in [0.4, 0.5) is 4.39 Å². The minimum Gasteiger partial charge on any atom is -0.481 e. The highest BCUT2D eigenvalue weighted by molar-refractivity contribution is 5.91. The maximum absolute atomic E-state index is 13.2. The van der Waals surface area contributed by atoms with Gasteiger partial charge in [-0.2, -0.15) is 0 Å². The Labute approximate surface area is 104 Å². The van der Waals surface area contributed by atoms with E-state index in [1.807, 2.05) is 0 Å². The number of rotatable bonds is 6. The first kappa shape index (κ1) is 13.9. The fourth-order valence-corrected chi connectivity index (χ4v) is 1.29. The van der Waals surface area contributed by atoms with Crippen molar-refractivity contribution in [2.75, 3.05) is 6.54 Å². The summed E-state index contributed by atoms with van der Waals surface area (Å²) in [6.45, 7) is 0.284. The molecule has 0 unspecified atom stereocenters. The average Bonchev–Trinajstić information content (AvgIpc) is 2.33. The molecule has 0 heterocycles. The van der Waals surface area contributed by atoms with Crippen LogP contribution < -0.4 is 5.32 Å². The van der Waals surface area contributed by atoms with Gasteiger partial charge in [0.05, 0.1) is 0 Å². The summed E-state index contributed by atoms with van der Waals surface area (Å²) in [5, 5.41) is 10.9. The highest BCUT2D eigenvalue weighted by Gasteiger charge is 1.99. The van der Waals surface area contributed by atoms with E-state index in [0.717, 1.165) is 0 Å². The summed E-state index contributed by atoms with van der Waals surface area (Å²) >= 11 is 0. The van der Waals surface area contributed by atoms with Crippen molar-refractivity contribution in [2.45, 2.75) is 12.8 Å². The number of hydrogen-bond acceptors (Lipinski definition) is 2. The Kier molecular flexibility index (Phi) is 5.57.